The van der Waals surface area contributed by atoms with Gasteiger partial charge in [-0.15, -0.1) is 0 Å². The fourth-order valence-electron chi connectivity index (χ4n) is 2.86. The van der Waals surface area contributed by atoms with Crippen LogP contribution in [-0.2, 0) is 17.9 Å². The first kappa shape index (κ1) is 20.9. The van der Waals surface area contributed by atoms with Gasteiger partial charge in [0.05, 0.1) is 5.69 Å². The molecule has 1 amide bonds. The molecule has 0 spiro atoms. The maximum Gasteiger partial charge on any atom is 0.404 e. The molecule has 0 atom stereocenters. The predicted octanol–water partition coefficient (Wildman–Crippen LogP) is 5.08. The molecule has 0 unspecified atom stereocenters. The number of halogens is 2. The highest BCUT2D eigenvalue weighted by atomic mass is 32.2. The van der Waals surface area contributed by atoms with Crippen molar-refractivity contribution < 1.29 is 18.3 Å². The van der Waals surface area contributed by atoms with Gasteiger partial charge >= 0.3 is 6.09 Å². The molecule has 152 valence electrons. The second-order valence-corrected chi connectivity index (χ2v) is 7.82. The number of carbonyl (C=O) groups is 1. The highest BCUT2D eigenvalue weighted by Gasteiger charge is 2.22. The zero-order chi connectivity index (χ0) is 21.0. The summed E-state index contributed by atoms with van der Waals surface area (Å²) in [5.41, 5.74) is 6.87. The molecule has 0 aliphatic carbocycles. The second-order valence-electron chi connectivity index (χ2n) is 6.76. The molecule has 1 heterocycles. The third-order valence-corrected chi connectivity index (χ3v) is 5.24. The average Bonchev–Trinajstić information content (AvgIpc) is 2.97. The third kappa shape index (κ3) is 5.35. The molecule has 0 radical (unpaired) electrons. The van der Waals surface area contributed by atoms with E-state index in [2.05, 4.69) is 4.98 Å². The Morgan fingerprint density at radius 1 is 1.17 bits per heavy atom. The molecular formula is C21H21F2N3O2S. The van der Waals surface area contributed by atoms with Crippen LogP contribution < -0.4 is 5.73 Å². The lowest BCUT2D eigenvalue weighted by atomic mass is 10.1. The zero-order valence-electron chi connectivity index (χ0n) is 16.1. The van der Waals surface area contributed by atoms with Gasteiger partial charge in [-0.3, -0.25) is 0 Å². The Hall–Kier alpha value is -2.87. The maximum atomic E-state index is 13.7. The number of nitrogens with zero attached hydrogens (tertiary/aromatic N) is 2. The maximum absolute atomic E-state index is 13.7. The van der Waals surface area contributed by atoms with E-state index in [-0.39, 0.29) is 12.5 Å². The van der Waals surface area contributed by atoms with Gasteiger partial charge in [0, 0.05) is 17.5 Å². The van der Waals surface area contributed by atoms with E-state index >= 15 is 0 Å². The molecule has 0 aliphatic heterocycles. The van der Waals surface area contributed by atoms with Crippen LogP contribution >= 0.6 is 11.8 Å². The summed E-state index contributed by atoms with van der Waals surface area (Å²) in [5.74, 6) is -0.744. The number of imidazole rings is 1. The van der Waals surface area contributed by atoms with Crippen LogP contribution in [0.5, 0.6) is 0 Å². The molecule has 0 saturated heterocycles. The third-order valence-electron chi connectivity index (χ3n) is 4.15. The number of nitrogens with two attached hydrogens (primary N) is 1. The fourth-order valence-corrected chi connectivity index (χ4v) is 4.09. The monoisotopic (exact) mass is 417 g/mol. The lowest BCUT2D eigenvalue weighted by Crippen LogP contribution is -2.15. The molecule has 5 nitrogen and oxygen atoms in total. The van der Waals surface area contributed by atoms with E-state index in [1.807, 2.05) is 48.7 Å². The first-order valence-electron chi connectivity index (χ1n) is 9.03. The number of amides is 1. The summed E-state index contributed by atoms with van der Waals surface area (Å²) in [6.07, 6.45) is -0.897. The topological polar surface area (TPSA) is 70.1 Å². The first-order chi connectivity index (χ1) is 13.8. The quantitative estimate of drug-likeness (QED) is 0.582. The van der Waals surface area contributed by atoms with Crippen LogP contribution in [0.15, 0.2) is 58.5 Å². The van der Waals surface area contributed by atoms with Crippen molar-refractivity contribution in [2.75, 3.05) is 0 Å². The number of rotatable bonds is 7. The zero-order valence-corrected chi connectivity index (χ0v) is 16.9. The molecule has 3 rings (SSSR count). The van der Waals surface area contributed by atoms with Gasteiger partial charge in [0.1, 0.15) is 22.5 Å². The molecule has 0 aliphatic rings. The van der Waals surface area contributed by atoms with Gasteiger partial charge in [0.2, 0.25) is 0 Å². The van der Waals surface area contributed by atoms with E-state index in [0.717, 1.165) is 22.3 Å². The number of carbonyl (C=O) groups excluding carboxylic acids is 1. The van der Waals surface area contributed by atoms with Gasteiger partial charge in [0.15, 0.2) is 6.61 Å². The van der Waals surface area contributed by atoms with Gasteiger partial charge in [0.25, 0.3) is 0 Å². The molecule has 1 aromatic heterocycles. The molecule has 0 saturated carbocycles. The van der Waals surface area contributed by atoms with Gasteiger partial charge in [-0.2, -0.15) is 0 Å². The van der Waals surface area contributed by atoms with Crippen molar-refractivity contribution in [3.05, 3.63) is 77.2 Å². The van der Waals surface area contributed by atoms with Gasteiger partial charge in [-0.05, 0) is 23.6 Å². The SMILES string of the molecule is CC(C)c1nc(COC(N)=O)n(Cc2ccccc2)c1Sc1cc(F)cc(F)c1. The molecular weight excluding hydrogens is 396 g/mol. The van der Waals surface area contributed by atoms with Crippen molar-refractivity contribution in [2.45, 2.75) is 42.8 Å². The smallest absolute Gasteiger partial charge is 0.404 e. The van der Waals surface area contributed by atoms with Crippen LogP contribution in [0.1, 0.15) is 36.8 Å². The van der Waals surface area contributed by atoms with Gasteiger partial charge in [-0.25, -0.2) is 18.6 Å². The van der Waals surface area contributed by atoms with E-state index in [1.165, 1.54) is 23.9 Å². The van der Waals surface area contributed by atoms with Crippen LogP contribution in [0, 0.1) is 11.6 Å². The van der Waals surface area contributed by atoms with Gasteiger partial charge < -0.3 is 15.0 Å². The summed E-state index contributed by atoms with van der Waals surface area (Å²) in [4.78, 5) is 16.2. The lowest BCUT2D eigenvalue weighted by molar-refractivity contribution is 0.145. The Labute approximate surface area is 171 Å². The second kappa shape index (κ2) is 9.09. The van der Waals surface area contributed by atoms with Crippen LogP contribution in [0.2, 0.25) is 0 Å². The number of aromatic nitrogens is 2. The average molecular weight is 417 g/mol. The summed E-state index contributed by atoms with van der Waals surface area (Å²) in [5, 5.41) is 0.733. The summed E-state index contributed by atoms with van der Waals surface area (Å²) in [6, 6.07) is 13.1. The van der Waals surface area contributed by atoms with Gasteiger partial charge in [-0.1, -0.05) is 55.9 Å². The lowest BCUT2D eigenvalue weighted by Gasteiger charge is -2.14. The Bertz CT molecular complexity index is 986. The van der Waals surface area contributed by atoms with E-state index in [0.29, 0.717) is 17.3 Å². The summed E-state index contributed by atoms with van der Waals surface area (Å²) in [7, 11) is 0. The number of hydrogen-bond acceptors (Lipinski definition) is 4. The Morgan fingerprint density at radius 2 is 1.83 bits per heavy atom. The minimum absolute atomic E-state index is 0.0419. The minimum Gasteiger partial charge on any atom is -0.442 e. The molecule has 29 heavy (non-hydrogen) atoms. The highest BCUT2D eigenvalue weighted by Crippen LogP contribution is 2.36. The predicted molar refractivity (Wildman–Crippen MR) is 107 cm³/mol. The van der Waals surface area contributed by atoms with E-state index < -0.39 is 17.7 Å². The first-order valence-corrected chi connectivity index (χ1v) is 9.84. The summed E-state index contributed by atoms with van der Waals surface area (Å²) < 4.78 is 34.3. The molecule has 0 bridgehead atoms. The minimum atomic E-state index is -0.897. The van der Waals surface area contributed by atoms with E-state index in [1.54, 1.807) is 0 Å². The summed E-state index contributed by atoms with van der Waals surface area (Å²) in [6.45, 7) is 4.31. The van der Waals surface area contributed by atoms with Crippen molar-refractivity contribution >= 4 is 17.9 Å². The van der Waals surface area contributed by atoms with Crippen molar-refractivity contribution in [3.8, 4) is 0 Å². The van der Waals surface area contributed by atoms with Crippen LogP contribution in [0.25, 0.3) is 0 Å². The summed E-state index contributed by atoms with van der Waals surface area (Å²) >= 11 is 1.22. The normalized spacial score (nSPS) is 11.1. The van der Waals surface area contributed by atoms with Crippen LogP contribution in [0.3, 0.4) is 0 Å². The van der Waals surface area contributed by atoms with Crippen LogP contribution in [-0.4, -0.2) is 15.6 Å². The number of hydrogen-bond donors (Lipinski definition) is 1. The number of benzene rings is 2. The standard InChI is InChI=1S/C21H21F2N3O2S/c1-13(2)19-20(29-17-9-15(22)8-16(23)10-17)26(11-14-6-4-3-5-7-14)18(25-19)12-28-21(24)27/h3-10,13H,11-12H2,1-2H3,(H2,24,27). The van der Waals surface area contributed by atoms with Crippen molar-refractivity contribution in [1.82, 2.24) is 9.55 Å². The molecule has 3 aromatic rings. The number of primary amides is 1. The largest absolute Gasteiger partial charge is 0.442 e. The Morgan fingerprint density at radius 3 is 2.41 bits per heavy atom. The Kier molecular flexibility index (Phi) is 6.53. The molecule has 0 fully saturated rings. The van der Waals surface area contributed by atoms with Crippen molar-refractivity contribution in [1.29, 1.82) is 0 Å². The van der Waals surface area contributed by atoms with E-state index in [9.17, 15) is 13.6 Å². The Balaban J connectivity index is 2.08. The van der Waals surface area contributed by atoms with Crippen LogP contribution in [0.4, 0.5) is 13.6 Å². The highest BCUT2D eigenvalue weighted by molar-refractivity contribution is 7.99. The van der Waals surface area contributed by atoms with Crippen molar-refractivity contribution in [3.63, 3.8) is 0 Å². The fraction of sp³-hybridized carbons (Fsp3) is 0.238. The molecule has 2 N–H and O–H groups in total. The van der Waals surface area contributed by atoms with Crippen molar-refractivity contribution in [2.24, 2.45) is 5.73 Å². The van der Waals surface area contributed by atoms with E-state index in [4.69, 9.17) is 10.5 Å². The molecule has 2 aromatic carbocycles. The number of ether oxygens (including phenoxy) is 1. The molecule has 8 heteroatoms.